The summed E-state index contributed by atoms with van der Waals surface area (Å²) in [4.78, 5) is 4.51. The van der Waals surface area contributed by atoms with Crippen molar-refractivity contribution >= 4 is 28.3 Å². The van der Waals surface area contributed by atoms with Gasteiger partial charge >= 0.3 is 0 Å². The molecule has 122 valence electrons. The van der Waals surface area contributed by atoms with Crippen molar-refractivity contribution in [2.75, 3.05) is 0 Å². The highest BCUT2D eigenvalue weighted by Gasteiger charge is 2.16. The van der Waals surface area contributed by atoms with Crippen molar-refractivity contribution in [3.8, 4) is 23.0 Å². The largest absolute Gasteiger partial charge is 0.340 e. The van der Waals surface area contributed by atoms with Crippen LogP contribution in [0.4, 0.5) is 0 Å². The topological polar surface area (TPSA) is 69.9 Å². The maximum absolute atomic E-state index is 5.61. The van der Waals surface area contributed by atoms with Gasteiger partial charge in [0, 0.05) is 28.8 Å². The van der Waals surface area contributed by atoms with Crippen molar-refractivity contribution in [1.82, 2.24) is 14.7 Å². The minimum Gasteiger partial charge on any atom is -0.340 e. The molecule has 2 heterocycles. The third-order valence-electron chi connectivity index (χ3n) is 3.46. The zero-order valence-corrected chi connectivity index (χ0v) is 15.3. The lowest BCUT2D eigenvalue weighted by molar-refractivity contribution is 0.426. The second-order valence-electron chi connectivity index (χ2n) is 5.37. The van der Waals surface area contributed by atoms with E-state index in [1.54, 1.807) is 0 Å². The third kappa shape index (κ3) is 3.65. The van der Waals surface area contributed by atoms with Gasteiger partial charge in [-0.3, -0.25) is 0 Å². The van der Waals surface area contributed by atoms with Crippen molar-refractivity contribution in [2.24, 2.45) is 5.73 Å². The smallest absolute Gasteiger partial charge is 0.274 e. The molecule has 23 heavy (non-hydrogen) atoms. The summed E-state index contributed by atoms with van der Waals surface area (Å²) in [5.74, 6) is 1.09. The van der Waals surface area contributed by atoms with Crippen LogP contribution in [0.1, 0.15) is 25.5 Å². The highest BCUT2D eigenvalue weighted by molar-refractivity contribution is 9.10. The van der Waals surface area contributed by atoms with E-state index in [9.17, 15) is 0 Å². The van der Waals surface area contributed by atoms with Gasteiger partial charge in [-0.1, -0.05) is 29.4 Å². The Balaban J connectivity index is 0.00000192. The van der Waals surface area contributed by atoms with Crippen LogP contribution in [0, 0.1) is 0 Å². The monoisotopic (exact) mass is 396 g/mol. The van der Waals surface area contributed by atoms with Gasteiger partial charge in [-0.05, 0) is 41.4 Å². The van der Waals surface area contributed by atoms with E-state index in [1.165, 1.54) is 0 Å². The molecule has 7 heteroatoms. The van der Waals surface area contributed by atoms with Crippen LogP contribution in [0.2, 0.25) is 0 Å². The minimum atomic E-state index is 0. The van der Waals surface area contributed by atoms with E-state index in [0.29, 0.717) is 24.3 Å². The Morgan fingerprint density at radius 3 is 2.57 bits per heavy atom. The van der Waals surface area contributed by atoms with Gasteiger partial charge in [0.1, 0.15) is 5.69 Å². The Kier molecular flexibility index (Phi) is 5.62. The minimum absolute atomic E-state index is 0. The maximum Gasteiger partial charge on any atom is 0.274 e. The standard InChI is InChI=1S/C16H17BrN4O.ClH/c1-10(2)21-9-13(17)7-14(21)16-19-15(20-22-16)12-5-3-11(8-18)4-6-12;/h3-7,9-10H,8,18H2,1-2H3;1H. The highest BCUT2D eigenvalue weighted by Crippen LogP contribution is 2.28. The summed E-state index contributed by atoms with van der Waals surface area (Å²) < 4.78 is 8.52. The molecule has 0 bridgehead atoms. The Hall–Kier alpha value is -1.63. The predicted octanol–water partition coefficient (Wildman–Crippen LogP) is 4.43. The van der Waals surface area contributed by atoms with Gasteiger partial charge < -0.3 is 14.8 Å². The molecule has 5 nitrogen and oxygen atoms in total. The first-order chi connectivity index (χ1) is 10.6. The first-order valence-electron chi connectivity index (χ1n) is 7.09. The molecular formula is C16H18BrClN4O. The first kappa shape index (κ1) is 17.7. The van der Waals surface area contributed by atoms with E-state index in [2.05, 4.69) is 44.5 Å². The number of benzene rings is 1. The molecule has 0 unspecified atom stereocenters. The number of aromatic nitrogens is 3. The summed E-state index contributed by atoms with van der Waals surface area (Å²) in [5, 5.41) is 4.08. The number of hydrogen-bond acceptors (Lipinski definition) is 4. The van der Waals surface area contributed by atoms with Gasteiger partial charge in [-0.15, -0.1) is 12.4 Å². The molecule has 0 fully saturated rings. The molecule has 3 aromatic rings. The zero-order valence-electron chi connectivity index (χ0n) is 12.9. The van der Waals surface area contributed by atoms with E-state index in [4.69, 9.17) is 10.3 Å². The van der Waals surface area contributed by atoms with E-state index in [-0.39, 0.29) is 12.4 Å². The van der Waals surface area contributed by atoms with E-state index in [1.807, 2.05) is 36.5 Å². The first-order valence-corrected chi connectivity index (χ1v) is 7.88. The van der Waals surface area contributed by atoms with E-state index < -0.39 is 0 Å². The average molecular weight is 398 g/mol. The Morgan fingerprint density at radius 2 is 1.96 bits per heavy atom. The summed E-state index contributed by atoms with van der Waals surface area (Å²) in [5.41, 5.74) is 8.50. The average Bonchev–Trinajstić information content (AvgIpc) is 3.13. The third-order valence-corrected chi connectivity index (χ3v) is 3.90. The van der Waals surface area contributed by atoms with Crippen LogP contribution in [0.3, 0.4) is 0 Å². The summed E-state index contributed by atoms with van der Waals surface area (Å²) in [6.45, 7) is 4.74. The van der Waals surface area contributed by atoms with Crippen molar-refractivity contribution in [1.29, 1.82) is 0 Å². The lowest BCUT2D eigenvalue weighted by atomic mass is 10.1. The van der Waals surface area contributed by atoms with Crippen molar-refractivity contribution in [3.05, 3.63) is 46.6 Å². The molecule has 0 amide bonds. The highest BCUT2D eigenvalue weighted by atomic mass is 79.9. The van der Waals surface area contributed by atoms with Crippen molar-refractivity contribution < 1.29 is 4.52 Å². The van der Waals surface area contributed by atoms with Crippen LogP contribution in [0.5, 0.6) is 0 Å². The molecule has 1 aromatic carbocycles. The predicted molar refractivity (Wildman–Crippen MR) is 96.4 cm³/mol. The molecular weight excluding hydrogens is 380 g/mol. The van der Waals surface area contributed by atoms with Crippen molar-refractivity contribution in [2.45, 2.75) is 26.4 Å². The lowest BCUT2D eigenvalue weighted by Gasteiger charge is -2.09. The molecule has 0 saturated carbocycles. The van der Waals surface area contributed by atoms with Gasteiger partial charge in [-0.2, -0.15) is 4.98 Å². The van der Waals surface area contributed by atoms with Crippen LogP contribution in [0.25, 0.3) is 23.0 Å². The number of rotatable bonds is 4. The number of nitrogens with zero attached hydrogens (tertiary/aromatic N) is 3. The van der Waals surface area contributed by atoms with E-state index >= 15 is 0 Å². The van der Waals surface area contributed by atoms with Gasteiger partial charge in [0.25, 0.3) is 5.89 Å². The van der Waals surface area contributed by atoms with Gasteiger partial charge in [0.05, 0.1) is 0 Å². The molecule has 0 saturated heterocycles. The van der Waals surface area contributed by atoms with Crippen LogP contribution < -0.4 is 5.73 Å². The Labute approximate surface area is 149 Å². The second-order valence-corrected chi connectivity index (χ2v) is 6.28. The van der Waals surface area contributed by atoms with Crippen LogP contribution in [-0.4, -0.2) is 14.7 Å². The molecule has 0 radical (unpaired) electrons. The number of nitrogens with two attached hydrogens (primary N) is 1. The fourth-order valence-corrected chi connectivity index (χ4v) is 2.72. The quantitative estimate of drug-likeness (QED) is 0.707. The molecule has 2 aromatic heterocycles. The molecule has 0 aliphatic heterocycles. The second kappa shape index (κ2) is 7.29. The maximum atomic E-state index is 5.61. The molecule has 2 N–H and O–H groups in total. The van der Waals surface area contributed by atoms with Crippen LogP contribution >= 0.6 is 28.3 Å². The summed E-state index contributed by atoms with van der Waals surface area (Å²) in [6.07, 6.45) is 2.01. The van der Waals surface area contributed by atoms with Crippen molar-refractivity contribution in [3.63, 3.8) is 0 Å². The number of hydrogen-bond donors (Lipinski definition) is 1. The van der Waals surface area contributed by atoms with E-state index in [0.717, 1.165) is 21.3 Å². The molecule has 0 aliphatic carbocycles. The van der Waals surface area contributed by atoms with Crippen LogP contribution in [-0.2, 0) is 6.54 Å². The Bertz CT molecular complexity index is 780. The van der Waals surface area contributed by atoms with Gasteiger partial charge in [-0.25, -0.2) is 0 Å². The lowest BCUT2D eigenvalue weighted by Crippen LogP contribution is -2.00. The Morgan fingerprint density at radius 1 is 1.26 bits per heavy atom. The fourth-order valence-electron chi connectivity index (χ4n) is 2.28. The van der Waals surface area contributed by atoms with Gasteiger partial charge in [0.15, 0.2) is 0 Å². The zero-order chi connectivity index (χ0) is 15.7. The summed E-state index contributed by atoms with van der Waals surface area (Å²) in [6, 6.07) is 10.1. The molecule has 0 aliphatic rings. The van der Waals surface area contributed by atoms with Crippen LogP contribution in [0.15, 0.2) is 45.5 Å². The molecule has 3 rings (SSSR count). The summed E-state index contributed by atoms with van der Waals surface area (Å²) in [7, 11) is 0. The molecule has 0 atom stereocenters. The summed E-state index contributed by atoms with van der Waals surface area (Å²) >= 11 is 3.49. The normalized spacial score (nSPS) is 10.8. The SMILES string of the molecule is CC(C)n1cc(Br)cc1-c1nc(-c2ccc(CN)cc2)no1.Cl. The number of halogens is 2. The molecule has 0 spiro atoms. The van der Waals surface area contributed by atoms with Gasteiger partial charge in [0.2, 0.25) is 5.82 Å². The fraction of sp³-hybridized carbons (Fsp3) is 0.250.